The van der Waals surface area contributed by atoms with E-state index in [-0.39, 0.29) is 29.8 Å². The molecule has 0 amide bonds. The summed E-state index contributed by atoms with van der Waals surface area (Å²) in [5.41, 5.74) is 5.62. The molecular formula is C10H16N4O3. The smallest absolute Gasteiger partial charge is 0.330 e. The molecule has 0 bridgehead atoms. The maximum atomic E-state index is 10.7. The van der Waals surface area contributed by atoms with Crippen LogP contribution in [0.15, 0.2) is 6.20 Å². The predicted molar refractivity (Wildman–Crippen MR) is 61.6 cm³/mol. The summed E-state index contributed by atoms with van der Waals surface area (Å²) in [6, 6.07) is 0.0717. The van der Waals surface area contributed by atoms with Gasteiger partial charge in [-0.2, -0.15) is 5.10 Å². The number of rotatable bonds is 2. The van der Waals surface area contributed by atoms with Crippen molar-refractivity contribution in [2.75, 3.05) is 5.73 Å². The van der Waals surface area contributed by atoms with Crippen molar-refractivity contribution in [1.82, 2.24) is 9.78 Å². The molecule has 2 unspecified atom stereocenters. The van der Waals surface area contributed by atoms with Gasteiger partial charge in [0.1, 0.15) is 6.20 Å². The third-order valence-corrected chi connectivity index (χ3v) is 3.03. The lowest BCUT2D eigenvalue weighted by atomic mass is 10.00. The zero-order valence-electron chi connectivity index (χ0n) is 9.87. The Balaban J connectivity index is 2.25. The summed E-state index contributed by atoms with van der Waals surface area (Å²) in [6.07, 6.45) is 2.98. The van der Waals surface area contributed by atoms with Crippen LogP contribution in [-0.4, -0.2) is 26.9 Å². The first kappa shape index (κ1) is 11.8. The van der Waals surface area contributed by atoms with Gasteiger partial charge in [0.2, 0.25) is 5.82 Å². The van der Waals surface area contributed by atoms with E-state index < -0.39 is 4.92 Å². The Kier molecular flexibility index (Phi) is 3.01. The van der Waals surface area contributed by atoms with E-state index in [1.165, 1.54) is 6.20 Å². The SMILES string of the molecule is CC1CC(n2ncc([N+](=O)[O-])c2N)CC(C)O1. The normalized spacial score (nSPS) is 29.2. The topological polar surface area (TPSA) is 96.2 Å². The van der Waals surface area contributed by atoms with Gasteiger partial charge in [-0.1, -0.05) is 0 Å². The highest BCUT2D eigenvalue weighted by atomic mass is 16.6. The summed E-state index contributed by atoms with van der Waals surface area (Å²) in [5.74, 6) is 0.126. The fourth-order valence-corrected chi connectivity index (χ4v) is 2.36. The maximum Gasteiger partial charge on any atom is 0.330 e. The van der Waals surface area contributed by atoms with Gasteiger partial charge >= 0.3 is 5.69 Å². The molecule has 0 spiro atoms. The Labute approximate surface area is 98.7 Å². The Morgan fingerprint density at radius 3 is 2.59 bits per heavy atom. The highest BCUT2D eigenvalue weighted by Gasteiger charge is 2.29. The van der Waals surface area contributed by atoms with Crippen molar-refractivity contribution in [2.24, 2.45) is 0 Å². The lowest BCUT2D eigenvalue weighted by Crippen LogP contribution is -2.31. The van der Waals surface area contributed by atoms with Crippen molar-refractivity contribution < 1.29 is 9.66 Å². The van der Waals surface area contributed by atoms with Crippen molar-refractivity contribution in [3.8, 4) is 0 Å². The summed E-state index contributed by atoms with van der Waals surface area (Å²) in [5, 5.41) is 14.7. The molecule has 1 aromatic rings. The van der Waals surface area contributed by atoms with Gasteiger partial charge < -0.3 is 10.5 Å². The van der Waals surface area contributed by atoms with Gasteiger partial charge in [-0.15, -0.1) is 0 Å². The Morgan fingerprint density at radius 2 is 2.12 bits per heavy atom. The molecule has 1 saturated heterocycles. The van der Waals surface area contributed by atoms with Crippen LogP contribution in [0, 0.1) is 10.1 Å². The monoisotopic (exact) mass is 240 g/mol. The van der Waals surface area contributed by atoms with Gasteiger partial charge in [-0.3, -0.25) is 10.1 Å². The largest absolute Gasteiger partial charge is 0.378 e. The number of hydrogen-bond donors (Lipinski definition) is 1. The molecule has 7 nitrogen and oxygen atoms in total. The van der Waals surface area contributed by atoms with Crippen LogP contribution < -0.4 is 5.73 Å². The van der Waals surface area contributed by atoms with E-state index in [2.05, 4.69) is 5.10 Å². The number of nitro groups is 1. The second kappa shape index (κ2) is 4.33. The average Bonchev–Trinajstić information content (AvgIpc) is 2.58. The quantitative estimate of drug-likeness (QED) is 0.624. The predicted octanol–water partition coefficient (Wildman–Crippen LogP) is 1.50. The van der Waals surface area contributed by atoms with E-state index in [4.69, 9.17) is 10.5 Å². The molecular weight excluding hydrogens is 224 g/mol. The second-order valence-electron chi connectivity index (χ2n) is 4.50. The van der Waals surface area contributed by atoms with Crippen molar-refractivity contribution in [3.63, 3.8) is 0 Å². The summed E-state index contributed by atoms with van der Waals surface area (Å²) < 4.78 is 7.17. The molecule has 0 aliphatic carbocycles. The molecule has 1 aromatic heterocycles. The van der Waals surface area contributed by atoms with Crippen LogP contribution in [0.3, 0.4) is 0 Å². The Bertz CT molecular complexity index is 421. The third-order valence-electron chi connectivity index (χ3n) is 3.03. The molecule has 2 atom stereocenters. The van der Waals surface area contributed by atoms with Crippen LogP contribution in [0.25, 0.3) is 0 Å². The van der Waals surface area contributed by atoms with Crippen LogP contribution in [0.2, 0.25) is 0 Å². The van der Waals surface area contributed by atoms with E-state index in [9.17, 15) is 10.1 Å². The Morgan fingerprint density at radius 1 is 1.53 bits per heavy atom. The second-order valence-corrected chi connectivity index (χ2v) is 4.50. The molecule has 94 valence electrons. The highest BCUT2D eigenvalue weighted by Crippen LogP contribution is 2.32. The molecule has 0 radical (unpaired) electrons. The molecule has 17 heavy (non-hydrogen) atoms. The number of anilines is 1. The van der Waals surface area contributed by atoms with Crippen molar-refractivity contribution >= 4 is 11.5 Å². The van der Waals surface area contributed by atoms with Crippen LogP contribution in [0.1, 0.15) is 32.7 Å². The number of nitrogen functional groups attached to an aromatic ring is 1. The zero-order valence-corrected chi connectivity index (χ0v) is 9.87. The summed E-state index contributed by atoms with van der Waals surface area (Å²) in [7, 11) is 0. The van der Waals surface area contributed by atoms with E-state index in [1.807, 2.05) is 13.8 Å². The van der Waals surface area contributed by atoms with E-state index >= 15 is 0 Å². The number of nitrogens with zero attached hydrogens (tertiary/aromatic N) is 3. The van der Waals surface area contributed by atoms with E-state index in [0.29, 0.717) is 0 Å². The van der Waals surface area contributed by atoms with Crippen molar-refractivity contribution in [3.05, 3.63) is 16.3 Å². The molecule has 1 fully saturated rings. The molecule has 0 aromatic carbocycles. The number of aromatic nitrogens is 2. The number of ether oxygens (including phenoxy) is 1. The van der Waals surface area contributed by atoms with Gasteiger partial charge in [-0.25, -0.2) is 4.68 Å². The minimum Gasteiger partial charge on any atom is -0.378 e. The van der Waals surface area contributed by atoms with Crippen molar-refractivity contribution in [1.29, 1.82) is 0 Å². The first-order valence-corrected chi connectivity index (χ1v) is 5.62. The molecule has 0 saturated carbocycles. The van der Waals surface area contributed by atoms with Gasteiger partial charge in [0.25, 0.3) is 0 Å². The fraction of sp³-hybridized carbons (Fsp3) is 0.700. The summed E-state index contributed by atoms with van der Waals surface area (Å²) >= 11 is 0. The minimum atomic E-state index is -0.509. The molecule has 2 rings (SSSR count). The highest BCUT2D eigenvalue weighted by molar-refractivity contribution is 5.51. The van der Waals surface area contributed by atoms with Gasteiger partial charge in [0, 0.05) is 0 Å². The summed E-state index contributed by atoms with van der Waals surface area (Å²) in [4.78, 5) is 10.2. The van der Waals surface area contributed by atoms with Gasteiger partial charge in [0.05, 0.1) is 23.2 Å². The van der Waals surface area contributed by atoms with Crippen LogP contribution >= 0.6 is 0 Å². The van der Waals surface area contributed by atoms with E-state index in [1.54, 1.807) is 4.68 Å². The molecule has 1 aliphatic heterocycles. The lowest BCUT2D eigenvalue weighted by molar-refractivity contribution is -0.384. The minimum absolute atomic E-state index is 0.0717. The van der Waals surface area contributed by atoms with Crippen LogP contribution in [0.5, 0.6) is 0 Å². The molecule has 7 heteroatoms. The average molecular weight is 240 g/mol. The summed E-state index contributed by atoms with van der Waals surface area (Å²) in [6.45, 7) is 3.97. The first-order chi connectivity index (χ1) is 7.99. The lowest BCUT2D eigenvalue weighted by Gasteiger charge is -2.32. The van der Waals surface area contributed by atoms with E-state index in [0.717, 1.165) is 12.8 Å². The zero-order chi connectivity index (χ0) is 12.6. The standard InChI is InChI=1S/C10H16N4O3/c1-6-3-8(4-7(2)17-6)13-10(11)9(5-12-13)14(15)16/h5-8H,3-4,11H2,1-2H3. The maximum absolute atomic E-state index is 10.7. The first-order valence-electron chi connectivity index (χ1n) is 5.62. The van der Waals surface area contributed by atoms with Crippen LogP contribution in [-0.2, 0) is 4.74 Å². The number of nitrogens with two attached hydrogens (primary N) is 1. The molecule has 1 aliphatic rings. The third kappa shape index (κ3) is 2.23. The van der Waals surface area contributed by atoms with Crippen molar-refractivity contribution in [2.45, 2.75) is 44.9 Å². The Hall–Kier alpha value is -1.63. The fourth-order valence-electron chi connectivity index (χ4n) is 2.36. The van der Waals surface area contributed by atoms with Gasteiger partial charge in [-0.05, 0) is 26.7 Å². The van der Waals surface area contributed by atoms with Gasteiger partial charge in [0.15, 0.2) is 0 Å². The van der Waals surface area contributed by atoms with Crippen LogP contribution in [0.4, 0.5) is 11.5 Å². The number of hydrogen-bond acceptors (Lipinski definition) is 5. The molecule has 2 N–H and O–H groups in total. The molecule has 2 heterocycles.